The maximum atomic E-state index is 13.3. The number of hydrogen-bond donors (Lipinski definition) is 1. The number of benzene rings is 2. The molecule has 1 N–H and O–H groups in total. The van der Waals surface area contributed by atoms with Gasteiger partial charge in [0.15, 0.2) is 11.5 Å². The van der Waals surface area contributed by atoms with E-state index in [1.165, 1.54) is 9.21 Å². The second-order valence-corrected chi connectivity index (χ2v) is 10.3. The Morgan fingerprint density at radius 2 is 1.67 bits per heavy atom. The zero-order valence-electron chi connectivity index (χ0n) is 18.1. The highest BCUT2D eigenvalue weighted by Crippen LogP contribution is 2.37. The van der Waals surface area contributed by atoms with E-state index < -0.39 is 21.6 Å². The van der Waals surface area contributed by atoms with Crippen LogP contribution in [0.4, 0.5) is 4.79 Å². The van der Waals surface area contributed by atoms with Crippen molar-refractivity contribution in [1.82, 2.24) is 19.4 Å². The van der Waals surface area contributed by atoms with Crippen molar-refractivity contribution >= 4 is 22.0 Å². The molecule has 0 aromatic heterocycles. The summed E-state index contributed by atoms with van der Waals surface area (Å²) in [5.74, 6) is 0.759. The summed E-state index contributed by atoms with van der Waals surface area (Å²) in [4.78, 5) is 29.3. The van der Waals surface area contributed by atoms with Crippen LogP contribution in [-0.4, -0.2) is 74.1 Å². The van der Waals surface area contributed by atoms with E-state index in [2.05, 4.69) is 5.32 Å². The SMILES string of the molecule is CC1(c2ccc3c(c2)OCO3)NC(=O)N(CN2CCN(S(=O)(=O)c3ccccc3)CC2)C1=O. The number of carbonyl (C=O) groups excluding carboxylic acids is 2. The van der Waals surface area contributed by atoms with Crippen LogP contribution < -0.4 is 14.8 Å². The Hall–Kier alpha value is -3.15. The van der Waals surface area contributed by atoms with Crippen molar-refractivity contribution in [2.45, 2.75) is 17.4 Å². The van der Waals surface area contributed by atoms with Crippen molar-refractivity contribution in [2.24, 2.45) is 0 Å². The molecule has 3 aliphatic rings. The number of imide groups is 1. The van der Waals surface area contributed by atoms with Crippen LogP contribution in [0.25, 0.3) is 0 Å². The van der Waals surface area contributed by atoms with Gasteiger partial charge in [-0.1, -0.05) is 24.3 Å². The molecule has 2 fully saturated rings. The van der Waals surface area contributed by atoms with Crippen LogP contribution in [0.2, 0.25) is 0 Å². The second-order valence-electron chi connectivity index (χ2n) is 8.33. The molecule has 0 bridgehead atoms. The van der Waals surface area contributed by atoms with Crippen LogP contribution in [0.15, 0.2) is 53.4 Å². The Balaban J connectivity index is 1.25. The standard InChI is InChI=1S/C22H24N4O6S/c1-22(16-7-8-18-19(13-16)32-15-31-18)20(27)26(21(28)23-22)14-24-9-11-25(12-10-24)33(29,30)17-5-3-2-4-6-17/h2-8,13H,9-12,14-15H2,1H3,(H,23,28). The van der Waals surface area contributed by atoms with Gasteiger partial charge in [0.05, 0.1) is 11.6 Å². The molecule has 3 aliphatic heterocycles. The lowest BCUT2D eigenvalue weighted by atomic mass is 9.92. The van der Waals surface area contributed by atoms with Crippen LogP contribution in [-0.2, 0) is 20.4 Å². The molecule has 0 spiro atoms. The first-order chi connectivity index (χ1) is 15.8. The van der Waals surface area contributed by atoms with Gasteiger partial charge in [0, 0.05) is 26.2 Å². The van der Waals surface area contributed by atoms with Crippen molar-refractivity contribution < 1.29 is 27.5 Å². The molecule has 1 unspecified atom stereocenters. The van der Waals surface area contributed by atoms with Gasteiger partial charge in [0.25, 0.3) is 5.91 Å². The Kier molecular flexibility index (Phi) is 5.26. The fourth-order valence-corrected chi connectivity index (χ4v) is 5.72. The number of sulfonamides is 1. The third-order valence-electron chi connectivity index (χ3n) is 6.28. The number of nitrogens with one attached hydrogen (secondary N) is 1. The van der Waals surface area contributed by atoms with E-state index in [4.69, 9.17) is 9.47 Å². The third kappa shape index (κ3) is 3.71. The van der Waals surface area contributed by atoms with Gasteiger partial charge in [-0.15, -0.1) is 0 Å². The monoisotopic (exact) mass is 472 g/mol. The molecule has 3 heterocycles. The molecule has 33 heavy (non-hydrogen) atoms. The number of ether oxygens (including phenoxy) is 2. The predicted molar refractivity (Wildman–Crippen MR) is 117 cm³/mol. The molecule has 0 radical (unpaired) electrons. The topological polar surface area (TPSA) is 108 Å². The first-order valence-corrected chi connectivity index (χ1v) is 12.0. The number of carbonyl (C=O) groups is 2. The summed E-state index contributed by atoms with van der Waals surface area (Å²) < 4.78 is 37.8. The number of urea groups is 1. The van der Waals surface area contributed by atoms with Crippen molar-refractivity contribution in [3.63, 3.8) is 0 Å². The van der Waals surface area contributed by atoms with Crippen LogP contribution >= 0.6 is 0 Å². The molecule has 2 aromatic carbocycles. The maximum absolute atomic E-state index is 13.3. The number of hydrogen-bond acceptors (Lipinski definition) is 7. The Labute approximate surface area is 191 Å². The number of amides is 3. The van der Waals surface area contributed by atoms with Crippen molar-refractivity contribution in [3.8, 4) is 11.5 Å². The average molecular weight is 473 g/mol. The van der Waals surface area contributed by atoms with Gasteiger partial charge >= 0.3 is 6.03 Å². The summed E-state index contributed by atoms with van der Waals surface area (Å²) >= 11 is 0. The number of nitrogens with zero attached hydrogens (tertiary/aromatic N) is 3. The number of piperazine rings is 1. The lowest BCUT2D eigenvalue weighted by Gasteiger charge is -2.35. The Bertz CT molecular complexity index is 1200. The molecule has 3 amide bonds. The molecular formula is C22H24N4O6S. The average Bonchev–Trinajstić information content (AvgIpc) is 3.38. The normalized spacial score (nSPS) is 23.7. The van der Waals surface area contributed by atoms with Crippen molar-refractivity contribution in [1.29, 1.82) is 0 Å². The highest BCUT2D eigenvalue weighted by atomic mass is 32.2. The van der Waals surface area contributed by atoms with Gasteiger partial charge in [0.1, 0.15) is 5.54 Å². The summed E-state index contributed by atoms with van der Waals surface area (Å²) in [6.07, 6.45) is 0. The van der Waals surface area contributed by atoms with Gasteiger partial charge < -0.3 is 14.8 Å². The van der Waals surface area contributed by atoms with E-state index in [0.717, 1.165) is 0 Å². The molecule has 2 saturated heterocycles. The molecule has 1 atom stereocenters. The minimum absolute atomic E-state index is 0.0873. The lowest BCUT2D eigenvalue weighted by molar-refractivity contribution is -0.132. The van der Waals surface area contributed by atoms with Gasteiger partial charge in [-0.2, -0.15) is 4.31 Å². The smallest absolute Gasteiger partial charge is 0.326 e. The summed E-state index contributed by atoms with van der Waals surface area (Å²) in [7, 11) is -3.57. The predicted octanol–water partition coefficient (Wildman–Crippen LogP) is 1.15. The van der Waals surface area contributed by atoms with Crippen molar-refractivity contribution in [2.75, 3.05) is 39.6 Å². The number of rotatable bonds is 5. The second kappa shape index (κ2) is 8.01. The Morgan fingerprint density at radius 1 is 0.970 bits per heavy atom. The highest BCUT2D eigenvalue weighted by Gasteiger charge is 2.50. The summed E-state index contributed by atoms with van der Waals surface area (Å²) in [5.41, 5.74) is -0.623. The molecule has 0 saturated carbocycles. The van der Waals surface area contributed by atoms with Crippen molar-refractivity contribution in [3.05, 3.63) is 54.1 Å². The first kappa shape index (κ1) is 21.7. The fourth-order valence-electron chi connectivity index (χ4n) is 4.28. The van der Waals surface area contributed by atoms with E-state index >= 15 is 0 Å². The molecule has 0 aliphatic carbocycles. The van der Waals surface area contributed by atoms with Crippen LogP contribution in [0, 0.1) is 0 Å². The summed E-state index contributed by atoms with van der Waals surface area (Å²) in [5, 5.41) is 2.79. The zero-order valence-corrected chi connectivity index (χ0v) is 18.9. The van der Waals surface area contributed by atoms with Gasteiger partial charge in [0.2, 0.25) is 16.8 Å². The minimum Gasteiger partial charge on any atom is -0.454 e. The molecule has 174 valence electrons. The summed E-state index contributed by atoms with van der Waals surface area (Å²) in [6.45, 7) is 3.24. The van der Waals surface area contributed by atoms with Gasteiger partial charge in [-0.05, 0) is 36.8 Å². The van der Waals surface area contributed by atoms with Gasteiger partial charge in [-0.25, -0.2) is 18.1 Å². The molecular weight excluding hydrogens is 448 g/mol. The van der Waals surface area contributed by atoms with E-state index in [1.54, 1.807) is 55.5 Å². The third-order valence-corrected chi connectivity index (χ3v) is 8.19. The minimum atomic E-state index is -3.57. The molecule has 2 aromatic rings. The molecule has 10 nitrogen and oxygen atoms in total. The highest BCUT2D eigenvalue weighted by molar-refractivity contribution is 7.89. The van der Waals surface area contributed by atoms with E-state index in [0.29, 0.717) is 30.2 Å². The van der Waals surface area contributed by atoms with E-state index in [9.17, 15) is 18.0 Å². The zero-order chi connectivity index (χ0) is 23.2. The lowest BCUT2D eigenvalue weighted by Crippen LogP contribution is -2.52. The Morgan fingerprint density at radius 3 is 2.39 bits per heavy atom. The van der Waals surface area contributed by atoms with Crippen LogP contribution in [0.5, 0.6) is 11.5 Å². The number of fused-ring (bicyclic) bond motifs is 1. The van der Waals surface area contributed by atoms with E-state index in [-0.39, 0.29) is 37.4 Å². The summed E-state index contributed by atoms with van der Waals surface area (Å²) in [6, 6.07) is 13.0. The quantitative estimate of drug-likeness (QED) is 0.650. The molecule has 11 heteroatoms. The first-order valence-electron chi connectivity index (χ1n) is 10.6. The van der Waals surface area contributed by atoms with Crippen LogP contribution in [0.1, 0.15) is 12.5 Å². The largest absolute Gasteiger partial charge is 0.454 e. The van der Waals surface area contributed by atoms with Crippen LogP contribution in [0.3, 0.4) is 0 Å². The van der Waals surface area contributed by atoms with E-state index in [1.807, 2.05) is 4.90 Å². The maximum Gasteiger partial charge on any atom is 0.326 e. The van der Waals surface area contributed by atoms with Gasteiger partial charge in [-0.3, -0.25) is 9.69 Å². The molecule has 5 rings (SSSR count). The fraction of sp³-hybridized carbons (Fsp3) is 0.364.